The third-order valence-corrected chi connectivity index (χ3v) is 3.02. The average molecular weight is 273 g/mol. The summed E-state index contributed by atoms with van der Waals surface area (Å²) in [6.07, 6.45) is 9.38. The first kappa shape index (κ1) is 13.9. The number of nitrogens with one attached hydrogen (secondary N) is 1. The largest absolute Gasteiger partial charge is 0.502 e. The summed E-state index contributed by atoms with van der Waals surface area (Å²) < 4.78 is 0. The first-order valence-corrected chi connectivity index (χ1v) is 6.09. The van der Waals surface area contributed by atoms with Crippen molar-refractivity contribution in [2.24, 2.45) is 5.41 Å². The summed E-state index contributed by atoms with van der Waals surface area (Å²) in [5, 5.41) is 18.4. The third-order valence-electron chi connectivity index (χ3n) is 3.02. The number of aromatic amines is 1. The van der Waals surface area contributed by atoms with Crippen LogP contribution in [0.1, 0.15) is 30.0 Å². The van der Waals surface area contributed by atoms with Gasteiger partial charge in [0.15, 0.2) is 11.4 Å². The second kappa shape index (κ2) is 4.85. The van der Waals surface area contributed by atoms with Crippen LogP contribution < -0.4 is 5.43 Å². The van der Waals surface area contributed by atoms with E-state index in [0.29, 0.717) is 11.3 Å². The van der Waals surface area contributed by atoms with Gasteiger partial charge in [-0.1, -0.05) is 44.2 Å². The van der Waals surface area contributed by atoms with Gasteiger partial charge in [-0.15, -0.1) is 0 Å². The summed E-state index contributed by atoms with van der Waals surface area (Å²) in [6, 6.07) is 1.18. The molecule has 1 aliphatic rings. The van der Waals surface area contributed by atoms with E-state index in [1.54, 1.807) is 6.08 Å². The maximum atomic E-state index is 11.6. The van der Waals surface area contributed by atoms with E-state index in [1.807, 2.05) is 38.2 Å². The smallest absolute Gasteiger partial charge is 0.356 e. The van der Waals surface area contributed by atoms with Crippen LogP contribution in [0.25, 0.3) is 5.57 Å². The number of aromatic hydroxyl groups is 1. The Morgan fingerprint density at radius 2 is 2.00 bits per heavy atom. The normalized spacial score (nSPS) is 16.6. The summed E-state index contributed by atoms with van der Waals surface area (Å²) in [4.78, 5) is 25.2. The molecule has 0 saturated heterocycles. The maximum Gasteiger partial charge on any atom is 0.356 e. The number of carbonyl (C=O) groups is 1. The van der Waals surface area contributed by atoms with Crippen LogP contribution in [-0.4, -0.2) is 21.2 Å². The third kappa shape index (κ3) is 2.71. The zero-order valence-corrected chi connectivity index (χ0v) is 11.2. The quantitative estimate of drug-likeness (QED) is 0.771. The Labute approximate surface area is 115 Å². The van der Waals surface area contributed by atoms with Crippen molar-refractivity contribution >= 4 is 11.5 Å². The van der Waals surface area contributed by atoms with E-state index < -0.39 is 22.8 Å². The molecule has 1 aliphatic carbocycles. The fourth-order valence-electron chi connectivity index (χ4n) is 1.86. The fourth-order valence-corrected chi connectivity index (χ4v) is 1.86. The highest BCUT2D eigenvalue weighted by molar-refractivity contribution is 5.89. The molecule has 5 nitrogen and oxygen atoms in total. The van der Waals surface area contributed by atoms with Gasteiger partial charge in [0.2, 0.25) is 5.43 Å². The van der Waals surface area contributed by atoms with Crippen LogP contribution >= 0.6 is 0 Å². The van der Waals surface area contributed by atoms with Gasteiger partial charge in [-0.3, -0.25) is 4.79 Å². The summed E-state index contributed by atoms with van der Waals surface area (Å²) in [5.74, 6) is -2.16. The second-order valence-electron chi connectivity index (χ2n) is 5.21. The van der Waals surface area contributed by atoms with Crippen LogP contribution in [0.2, 0.25) is 0 Å². The number of H-pyrrole nitrogens is 1. The molecule has 20 heavy (non-hydrogen) atoms. The molecule has 0 saturated carbocycles. The molecule has 1 aromatic heterocycles. The molecule has 2 rings (SSSR count). The van der Waals surface area contributed by atoms with E-state index in [1.165, 1.54) is 6.07 Å². The predicted molar refractivity (Wildman–Crippen MR) is 75.7 cm³/mol. The molecule has 0 bridgehead atoms. The van der Waals surface area contributed by atoms with Crippen molar-refractivity contribution in [1.29, 1.82) is 0 Å². The van der Waals surface area contributed by atoms with Crippen LogP contribution in [0.4, 0.5) is 0 Å². The van der Waals surface area contributed by atoms with E-state index in [0.717, 1.165) is 0 Å². The number of aromatic nitrogens is 1. The van der Waals surface area contributed by atoms with Crippen LogP contribution in [0.15, 0.2) is 41.2 Å². The zero-order chi connectivity index (χ0) is 14.9. The van der Waals surface area contributed by atoms with E-state index in [-0.39, 0.29) is 5.41 Å². The number of aromatic carboxylic acids is 1. The maximum absolute atomic E-state index is 11.6. The molecule has 0 aliphatic heterocycles. The first-order valence-electron chi connectivity index (χ1n) is 6.09. The monoisotopic (exact) mass is 273 g/mol. The lowest BCUT2D eigenvalue weighted by molar-refractivity contribution is 0.0686. The molecule has 0 radical (unpaired) electrons. The topological polar surface area (TPSA) is 90.4 Å². The molecule has 3 N–H and O–H groups in total. The molecule has 0 fully saturated rings. The van der Waals surface area contributed by atoms with Crippen molar-refractivity contribution in [3.8, 4) is 5.75 Å². The number of pyridine rings is 1. The number of allylic oxidation sites excluding steroid dienone is 6. The predicted octanol–water partition coefficient (Wildman–Crippen LogP) is 2.31. The van der Waals surface area contributed by atoms with Crippen LogP contribution in [0.3, 0.4) is 0 Å². The van der Waals surface area contributed by atoms with Gasteiger partial charge in [-0.2, -0.15) is 0 Å². The van der Waals surface area contributed by atoms with Gasteiger partial charge in [0.05, 0.1) is 5.69 Å². The highest BCUT2D eigenvalue weighted by Gasteiger charge is 2.17. The molecule has 5 heteroatoms. The number of rotatable bonds is 2. The van der Waals surface area contributed by atoms with Gasteiger partial charge >= 0.3 is 5.97 Å². The highest BCUT2D eigenvalue weighted by Crippen LogP contribution is 2.26. The van der Waals surface area contributed by atoms with E-state index in [2.05, 4.69) is 4.98 Å². The van der Waals surface area contributed by atoms with Crippen molar-refractivity contribution < 1.29 is 15.0 Å². The summed E-state index contributed by atoms with van der Waals surface area (Å²) in [6.45, 7) is 4.05. The van der Waals surface area contributed by atoms with Crippen molar-refractivity contribution in [3.63, 3.8) is 0 Å². The molecule has 0 aromatic carbocycles. The minimum Gasteiger partial charge on any atom is -0.502 e. The Hall–Kier alpha value is -2.56. The highest BCUT2D eigenvalue weighted by atomic mass is 16.4. The van der Waals surface area contributed by atoms with Gasteiger partial charge in [0.1, 0.15) is 0 Å². The Bertz CT molecular complexity index is 705. The Kier molecular flexibility index (Phi) is 3.36. The molecule has 104 valence electrons. The number of carboxylic acid groups (broad SMARTS) is 1. The lowest BCUT2D eigenvalue weighted by Crippen LogP contribution is -2.12. The first-order chi connectivity index (χ1) is 9.30. The number of carboxylic acids is 1. The molecule has 0 spiro atoms. The molecule has 0 unspecified atom stereocenters. The summed E-state index contributed by atoms with van der Waals surface area (Å²) in [5.41, 5.74) is -0.326. The van der Waals surface area contributed by atoms with Gasteiger partial charge < -0.3 is 15.2 Å². The summed E-state index contributed by atoms with van der Waals surface area (Å²) in [7, 11) is 0. The van der Waals surface area contributed by atoms with Crippen LogP contribution in [-0.2, 0) is 0 Å². The van der Waals surface area contributed by atoms with Crippen LogP contribution in [0, 0.1) is 5.41 Å². The number of hydrogen-bond acceptors (Lipinski definition) is 3. The molecular weight excluding hydrogens is 258 g/mol. The van der Waals surface area contributed by atoms with Crippen molar-refractivity contribution in [1.82, 2.24) is 4.98 Å². The van der Waals surface area contributed by atoms with Crippen molar-refractivity contribution in [2.75, 3.05) is 0 Å². The summed E-state index contributed by atoms with van der Waals surface area (Å²) >= 11 is 0. The van der Waals surface area contributed by atoms with Gasteiger partial charge in [0.25, 0.3) is 0 Å². The lowest BCUT2D eigenvalue weighted by atomic mass is 9.93. The molecule has 0 amide bonds. The molecule has 0 atom stereocenters. The molecule has 1 heterocycles. The van der Waals surface area contributed by atoms with Crippen molar-refractivity contribution in [2.45, 2.75) is 13.8 Å². The Balaban J connectivity index is 2.55. The Morgan fingerprint density at radius 3 is 2.65 bits per heavy atom. The minimum atomic E-state index is -1.38. The fraction of sp³-hybridized carbons (Fsp3) is 0.200. The van der Waals surface area contributed by atoms with E-state index in [9.17, 15) is 14.7 Å². The SMILES string of the molecule is CC1(C)C=CC=C(c2cc(=O)c(O)c(C(=O)O)[nH]2)C=C1. The number of hydrogen-bond donors (Lipinski definition) is 3. The van der Waals surface area contributed by atoms with Crippen LogP contribution in [0.5, 0.6) is 5.75 Å². The van der Waals surface area contributed by atoms with Gasteiger partial charge in [-0.05, 0) is 5.57 Å². The van der Waals surface area contributed by atoms with Gasteiger partial charge in [0, 0.05) is 11.5 Å². The van der Waals surface area contributed by atoms with Crippen molar-refractivity contribution in [3.05, 3.63) is 58.1 Å². The molecular formula is C15H15NO4. The minimum absolute atomic E-state index is 0.120. The van der Waals surface area contributed by atoms with E-state index >= 15 is 0 Å². The molecule has 1 aromatic rings. The standard InChI is InChI=1S/C15H15NO4/c1-15(2)6-3-4-9(5-7-15)10-8-11(17)13(18)12(16-10)14(19)20/h3-8,18H,1-2H3,(H,16,17)(H,19,20). The second-order valence-corrected chi connectivity index (χ2v) is 5.21. The lowest BCUT2D eigenvalue weighted by Gasteiger charge is -2.12. The zero-order valence-electron chi connectivity index (χ0n) is 11.2. The average Bonchev–Trinajstić information content (AvgIpc) is 2.53. The Morgan fingerprint density at radius 1 is 1.30 bits per heavy atom. The van der Waals surface area contributed by atoms with E-state index in [4.69, 9.17) is 5.11 Å². The van der Waals surface area contributed by atoms with Gasteiger partial charge in [-0.25, -0.2) is 4.79 Å².